The molecule has 0 unspecified atom stereocenters. The second-order valence-electron chi connectivity index (χ2n) is 3.05. The van der Waals surface area contributed by atoms with E-state index < -0.39 is 0 Å². The second kappa shape index (κ2) is 4.94. The largest absolute Gasteiger partial charge is 0.291 e. The third kappa shape index (κ3) is 4.59. The second-order valence-corrected chi connectivity index (χ2v) is 3.05. The minimum atomic E-state index is 0.447. The number of hydrogen-bond acceptors (Lipinski definition) is 2. The number of nitrogens with zero attached hydrogens (tertiary/aromatic N) is 2. The van der Waals surface area contributed by atoms with Gasteiger partial charge < -0.3 is 0 Å². The van der Waals surface area contributed by atoms with Crippen molar-refractivity contribution in [2.75, 3.05) is 6.54 Å². The SMILES string of the molecule is C=CCN(N=C(C)C)C(C)C. The lowest BCUT2D eigenvalue weighted by molar-refractivity contribution is 0.258. The van der Waals surface area contributed by atoms with Gasteiger partial charge in [0.25, 0.3) is 0 Å². The van der Waals surface area contributed by atoms with Crippen LogP contribution in [0.3, 0.4) is 0 Å². The van der Waals surface area contributed by atoms with Crippen molar-refractivity contribution in [2.24, 2.45) is 5.10 Å². The summed E-state index contributed by atoms with van der Waals surface area (Å²) in [5.74, 6) is 0. The predicted molar refractivity (Wildman–Crippen MR) is 50.8 cm³/mol. The molecule has 0 aromatic carbocycles. The van der Waals surface area contributed by atoms with E-state index in [4.69, 9.17) is 0 Å². The fourth-order valence-electron chi connectivity index (χ4n) is 0.756. The quantitative estimate of drug-likeness (QED) is 0.344. The molecule has 0 aromatic rings. The van der Waals surface area contributed by atoms with Gasteiger partial charge in [0.05, 0.1) is 6.54 Å². The lowest BCUT2D eigenvalue weighted by atomic mass is 10.4. The first-order valence-corrected chi connectivity index (χ1v) is 3.97. The van der Waals surface area contributed by atoms with Gasteiger partial charge in [-0.1, -0.05) is 6.08 Å². The summed E-state index contributed by atoms with van der Waals surface area (Å²) in [7, 11) is 0. The maximum Gasteiger partial charge on any atom is 0.0541 e. The van der Waals surface area contributed by atoms with Gasteiger partial charge in [0.15, 0.2) is 0 Å². The van der Waals surface area contributed by atoms with Gasteiger partial charge in [-0.3, -0.25) is 5.01 Å². The molecule has 0 bridgehead atoms. The third-order valence-corrected chi connectivity index (χ3v) is 1.24. The van der Waals surface area contributed by atoms with E-state index in [0.29, 0.717) is 6.04 Å². The minimum absolute atomic E-state index is 0.447. The summed E-state index contributed by atoms with van der Waals surface area (Å²) in [4.78, 5) is 0. The van der Waals surface area contributed by atoms with Crippen molar-refractivity contribution < 1.29 is 0 Å². The van der Waals surface area contributed by atoms with E-state index in [1.807, 2.05) is 24.9 Å². The number of hydrazone groups is 1. The van der Waals surface area contributed by atoms with Crippen molar-refractivity contribution >= 4 is 5.71 Å². The standard InChI is InChI=1S/C9H18N2/c1-6-7-11(9(4)5)10-8(2)3/h6,9H,1,7H2,2-5H3. The summed E-state index contributed by atoms with van der Waals surface area (Å²) in [6.45, 7) is 12.7. The van der Waals surface area contributed by atoms with E-state index in [2.05, 4.69) is 25.5 Å². The van der Waals surface area contributed by atoms with E-state index >= 15 is 0 Å². The molecule has 0 spiro atoms. The van der Waals surface area contributed by atoms with Crippen LogP contribution in [0.25, 0.3) is 0 Å². The maximum atomic E-state index is 4.34. The molecule has 11 heavy (non-hydrogen) atoms. The van der Waals surface area contributed by atoms with E-state index in [1.54, 1.807) is 0 Å². The summed E-state index contributed by atoms with van der Waals surface area (Å²) in [6, 6.07) is 0.447. The Morgan fingerprint density at radius 1 is 1.55 bits per heavy atom. The molecule has 0 amide bonds. The molecule has 0 heterocycles. The molecule has 0 aromatic heterocycles. The van der Waals surface area contributed by atoms with Crippen LogP contribution < -0.4 is 0 Å². The number of hydrogen-bond donors (Lipinski definition) is 0. The van der Waals surface area contributed by atoms with E-state index in [9.17, 15) is 0 Å². The Bertz CT molecular complexity index is 144. The summed E-state index contributed by atoms with van der Waals surface area (Å²) in [5, 5.41) is 6.36. The Kier molecular flexibility index (Phi) is 4.59. The van der Waals surface area contributed by atoms with Crippen LogP contribution in [0.1, 0.15) is 27.7 Å². The molecule has 0 saturated heterocycles. The van der Waals surface area contributed by atoms with Gasteiger partial charge in [-0.25, -0.2) is 0 Å². The summed E-state index contributed by atoms with van der Waals surface area (Å²) >= 11 is 0. The van der Waals surface area contributed by atoms with Gasteiger partial charge in [0, 0.05) is 11.8 Å². The normalized spacial score (nSPS) is 9.55. The molecular weight excluding hydrogens is 136 g/mol. The molecule has 0 atom stereocenters. The van der Waals surface area contributed by atoms with Crippen LogP contribution in [0.4, 0.5) is 0 Å². The topological polar surface area (TPSA) is 15.6 Å². The van der Waals surface area contributed by atoms with Crippen molar-refractivity contribution in [3.8, 4) is 0 Å². The van der Waals surface area contributed by atoms with Crippen LogP contribution in [0.5, 0.6) is 0 Å². The molecule has 0 fully saturated rings. The fraction of sp³-hybridized carbons (Fsp3) is 0.667. The van der Waals surface area contributed by atoms with Gasteiger partial charge in [-0.2, -0.15) is 5.10 Å². The van der Waals surface area contributed by atoms with Crippen LogP contribution in [-0.4, -0.2) is 23.3 Å². The van der Waals surface area contributed by atoms with E-state index in [0.717, 1.165) is 12.3 Å². The molecule has 0 N–H and O–H groups in total. The first-order chi connectivity index (χ1) is 5.07. The smallest absolute Gasteiger partial charge is 0.0541 e. The van der Waals surface area contributed by atoms with E-state index in [-0.39, 0.29) is 0 Å². The van der Waals surface area contributed by atoms with Crippen molar-refractivity contribution in [3.63, 3.8) is 0 Å². The molecule has 64 valence electrons. The number of rotatable bonds is 4. The average molecular weight is 154 g/mol. The van der Waals surface area contributed by atoms with Crippen molar-refractivity contribution in [1.82, 2.24) is 5.01 Å². The Morgan fingerprint density at radius 3 is 2.36 bits per heavy atom. The molecule has 0 saturated carbocycles. The summed E-state index contributed by atoms with van der Waals surface area (Å²) in [6.07, 6.45) is 1.87. The third-order valence-electron chi connectivity index (χ3n) is 1.24. The molecule has 0 aliphatic rings. The zero-order valence-corrected chi connectivity index (χ0v) is 7.96. The van der Waals surface area contributed by atoms with Crippen molar-refractivity contribution in [3.05, 3.63) is 12.7 Å². The van der Waals surface area contributed by atoms with Crippen LogP contribution in [-0.2, 0) is 0 Å². The van der Waals surface area contributed by atoms with Crippen LogP contribution in [0.15, 0.2) is 17.8 Å². The van der Waals surface area contributed by atoms with Gasteiger partial charge in [-0.15, -0.1) is 6.58 Å². The Hall–Kier alpha value is -0.790. The van der Waals surface area contributed by atoms with Gasteiger partial charge in [-0.05, 0) is 27.7 Å². The minimum Gasteiger partial charge on any atom is -0.291 e. The molecule has 2 nitrogen and oxygen atoms in total. The average Bonchev–Trinajstić information content (AvgIpc) is 1.86. The molecular formula is C9H18N2. The predicted octanol–water partition coefficient (Wildman–Crippen LogP) is 2.28. The Balaban J connectivity index is 4.10. The first-order valence-electron chi connectivity index (χ1n) is 3.97. The molecule has 0 radical (unpaired) electrons. The monoisotopic (exact) mass is 154 g/mol. The molecule has 0 rings (SSSR count). The van der Waals surface area contributed by atoms with Gasteiger partial charge in [0.2, 0.25) is 0 Å². The van der Waals surface area contributed by atoms with Crippen LogP contribution >= 0.6 is 0 Å². The highest BCUT2D eigenvalue weighted by atomic mass is 15.5. The fourth-order valence-corrected chi connectivity index (χ4v) is 0.756. The van der Waals surface area contributed by atoms with Gasteiger partial charge >= 0.3 is 0 Å². The Labute approximate surface area is 69.6 Å². The van der Waals surface area contributed by atoms with Crippen molar-refractivity contribution in [2.45, 2.75) is 33.7 Å². The zero-order valence-electron chi connectivity index (χ0n) is 7.96. The lowest BCUT2D eigenvalue weighted by Gasteiger charge is -2.21. The van der Waals surface area contributed by atoms with Crippen LogP contribution in [0.2, 0.25) is 0 Å². The van der Waals surface area contributed by atoms with Gasteiger partial charge in [0.1, 0.15) is 0 Å². The molecule has 0 aliphatic carbocycles. The lowest BCUT2D eigenvalue weighted by Crippen LogP contribution is -2.26. The summed E-state index contributed by atoms with van der Waals surface area (Å²) < 4.78 is 0. The van der Waals surface area contributed by atoms with Crippen molar-refractivity contribution in [1.29, 1.82) is 0 Å². The Morgan fingerprint density at radius 2 is 2.09 bits per heavy atom. The van der Waals surface area contributed by atoms with E-state index in [1.165, 1.54) is 0 Å². The zero-order chi connectivity index (χ0) is 8.85. The summed E-state index contributed by atoms with van der Waals surface area (Å²) in [5.41, 5.74) is 1.08. The highest BCUT2D eigenvalue weighted by Crippen LogP contribution is 1.98. The van der Waals surface area contributed by atoms with Crippen LogP contribution in [0, 0.1) is 0 Å². The molecule has 2 heteroatoms. The highest BCUT2D eigenvalue weighted by molar-refractivity contribution is 5.78. The highest BCUT2D eigenvalue weighted by Gasteiger charge is 2.02. The maximum absolute atomic E-state index is 4.34. The first kappa shape index (κ1) is 10.2. The molecule has 0 aliphatic heterocycles.